The Bertz CT molecular complexity index is 433. The second-order valence-electron chi connectivity index (χ2n) is 3.04. The number of nitrogen functional groups attached to an aromatic ring is 1. The molecule has 0 aliphatic rings. The van der Waals surface area contributed by atoms with Crippen LogP contribution in [0.1, 0.15) is 29.8 Å². The van der Waals surface area contributed by atoms with Crippen molar-refractivity contribution in [3.8, 4) is 11.8 Å². The minimum Gasteiger partial charge on any atom is -0.491 e. The molecule has 0 saturated heterocycles. The van der Waals surface area contributed by atoms with Gasteiger partial charge in [0.25, 0.3) is 0 Å². The molecule has 0 saturated carbocycles. The molecule has 0 heterocycles. The minimum absolute atomic E-state index is 0.165. The van der Waals surface area contributed by atoms with Crippen molar-refractivity contribution in [3.63, 3.8) is 0 Å². The van der Waals surface area contributed by atoms with E-state index in [1.165, 1.54) is 19.1 Å². The van der Waals surface area contributed by atoms with Crippen LogP contribution < -0.4 is 10.5 Å². The summed E-state index contributed by atoms with van der Waals surface area (Å²) in [7, 11) is 0. The molecule has 1 rings (SSSR count). The van der Waals surface area contributed by atoms with Gasteiger partial charge in [-0.1, -0.05) is 0 Å². The summed E-state index contributed by atoms with van der Waals surface area (Å²) in [4.78, 5) is 11.3. The number of nitrogens with zero attached hydrogens (tertiary/aromatic N) is 1. The highest BCUT2D eigenvalue weighted by Gasteiger charge is 2.13. The third-order valence-corrected chi connectivity index (χ3v) is 1.91. The van der Waals surface area contributed by atoms with Crippen LogP contribution in [0.5, 0.6) is 5.75 Å². The molecular formula is C11H12N2O2. The van der Waals surface area contributed by atoms with E-state index < -0.39 is 0 Å². The monoisotopic (exact) mass is 204 g/mol. The van der Waals surface area contributed by atoms with E-state index in [0.29, 0.717) is 29.2 Å². The van der Waals surface area contributed by atoms with Gasteiger partial charge in [-0.3, -0.25) is 4.79 Å². The number of hydrogen-bond acceptors (Lipinski definition) is 4. The van der Waals surface area contributed by atoms with Crippen molar-refractivity contribution in [1.82, 2.24) is 0 Å². The van der Waals surface area contributed by atoms with E-state index in [1.54, 1.807) is 0 Å². The standard InChI is InChI=1S/C11H12N2O2/c1-3-15-11-9(7(2)14)4-8(6-12)5-10(11)13/h4-5H,3,13H2,1-2H3. The molecule has 78 valence electrons. The Morgan fingerprint density at radius 3 is 2.73 bits per heavy atom. The predicted molar refractivity (Wildman–Crippen MR) is 56.7 cm³/mol. The number of hydrogen-bond donors (Lipinski definition) is 1. The van der Waals surface area contributed by atoms with Crippen molar-refractivity contribution < 1.29 is 9.53 Å². The van der Waals surface area contributed by atoms with Crippen LogP contribution in [0.3, 0.4) is 0 Å². The largest absolute Gasteiger partial charge is 0.491 e. The molecule has 0 aromatic heterocycles. The molecule has 0 atom stereocenters. The second kappa shape index (κ2) is 4.47. The molecule has 15 heavy (non-hydrogen) atoms. The lowest BCUT2D eigenvalue weighted by Crippen LogP contribution is -2.05. The van der Waals surface area contributed by atoms with E-state index in [0.717, 1.165) is 0 Å². The zero-order valence-electron chi connectivity index (χ0n) is 8.70. The van der Waals surface area contributed by atoms with E-state index in [2.05, 4.69) is 0 Å². The molecule has 0 spiro atoms. The molecule has 4 nitrogen and oxygen atoms in total. The topological polar surface area (TPSA) is 76.1 Å². The van der Waals surface area contributed by atoms with Gasteiger partial charge in [0, 0.05) is 0 Å². The molecule has 0 radical (unpaired) electrons. The van der Waals surface area contributed by atoms with E-state index in [-0.39, 0.29) is 5.78 Å². The Morgan fingerprint density at radius 1 is 1.60 bits per heavy atom. The van der Waals surface area contributed by atoms with Gasteiger partial charge in [0.05, 0.1) is 29.5 Å². The van der Waals surface area contributed by atoms with Gasteiger partial charge < -0.3 is 10.5 Å². The molecule has 1 aromatic rings. The van der Waals surface area contributed by atoms with E-state index in [1.807, 2.05) is 13.0 Å². The number of ketones is 1. The Hall–Kier alpha value is -2.02. The average molecular weight is 204 g/mol. The second-order valence-corrected chi connectivity index (χ2v) is 3.04. The van der Waals surface area contributed by atoms with Gasteiger partial charge in [0.1, 0.15) is 0 Å². The van der Waals surface area contributed by atoms with Gasteiger partial charge in [0.2, 0.25) is 0 Å². The van der Waals surface area contributed by atoms with Crippen LogP contribution in [-0.2, 0) is 0 Å². The molecule has 0 aliphatic carbocycles. The summed E-state index contributed by atoms with van der Waals surface area (Å²) < 4.78 is 5.27. The molecule has 0 fully saturated rings. The van der Waals surface area contributed by atoms with E-state index >= 15 is 0 Å². The quantitative estimate of drug-likeness (QED) is 0.601. The number of carbonyl (C=O) groups excluding carboxylic acids is 1. The maximum atomic E-state index is 11.3. The van der Waals surface area contributed by atoms with Gasteiger partial charge in [-0.05, 0) is 26.0 Å². The highest BCUT2D eigenvalue weighted by molar-refractivity contribution is 5.99. The van der Waals surface area contributed by atoms with Crippen LogP contribution in [0.2, 0.25) is 0 Å². The highest BCUT2D eigenvalue weighted by Crippen LogP contribution is 2.28. The Labute approximate surface area is 88.3 Å². The van der Waals surface area contributed by atoms with E-state index in [9.17, 15) is 4.79 Å². The smallest absolute Gasteiger partial charge is 0.163 e. The molecule has 4 heteroatoms. The first kappa shape index (κ1) is 11.1. The normalized spacial score (nSPS) is 9.40. The molecule has 0 bridgehead atoms. The van der Waals surface area contributed by atoms with Gasteiger partial charge in [-0.15, -0.1) is 0 Å². The van der Waals surface area contributed by atoms with Crippen LogP contribution in [0, 0.1) is 11.3 Å². The molecule has 0 aliphatic heterocycles. The average Bonchev–Trinajstić information content (AvgIpc) is 2.20. The summed E-state index contributed by atoms with van der Waals surface area (Å²) in [6, 6.07) is 4.93. The first-order valence-electron chi connectivity index (χ1n) is 4.57. The van der Waals surface area contributed by atoms with Crippen molar-refractivity contribution in [1.29, 1.82) is 5.26 Å². The number of rotatable bonds is 3. The molecular weight excluding hydrogens is 192 g/mol. The number of anilines is 1. The summed E-state index contributed by atoms with van der Waals surface area (Å²) in [5.41, 5.74) is 6.73. The summed E-state index contributed by atoms with van der Waals surface area (Å²) in [5, 5.41) is 8.73. The van der Waals surface area contributed by atoms with Crippen LogP contribution in [-0.4, -0.2) is 12.4 Å². The number of benzene rings is 1. The Morgan fingerprint density at radius 2 is 2.27 bits per heavy atom. The van der Waals surface area contributed by atoms with Crippen molar-refractivity contribution in [2.45, 2.75) is 13.8 Å². The summed E-state index contributed by atoms with van der Waals surface area (Å²) in [5.74, 6) is 0.200. The number of Topliss-reactive ketones (excluding diaryl/α,β-unsaturated/α-hetero) is 1. The fourth-order valence-electron chi connectivity index (χ4n) is 1.28. The van der Waals surface area contributed by atoms with Gasteiger partial charge >= 0.3 is 0 Å². The highest BCUT2D eigenvalue weighted by atomic mass is 16.5. The Balaban J connectivity index is 3.37. The summed E-state index contributed by atoms with van der Waals surface area (Å²) >= 11 is 0. The first-order chi connectivity index (χ1) is 7.10. The number of nitrogens with two attached hydrogens (primary N) is 1. The first-order valence-corrected chi connectivity index (χ1v) is 4.57. The SMILES string of the molecule is CCOc1c(N)cc(C#N)cc1C(C)=O. The predicted octanol–water partition coefficient (Wildman–Crippen LogP) is 1.74. The lowest BCUT2D eigenvalue weighted by atomic mass is 10.1. The third kappa shape index (κ3) is 2.26. The summed E-state index contributed by atoms with van der Waals surface area (Å²) in [6.45, 7) is 3.65. The van der Waals surface area contributed by atoms with Crippen LogP contribution in [0.25, 0.3) is 0 Å². The van der Waals surface area contributed by atoms with Gasteiger partial charge in [-0.25, -0.2) is 0 Å². The van der Waals surface area contributed by atoms with Crippen LogP contribution >= 0.6 is 0 Å². The lowest BCUT2D eigenvalue weighted by Gasteiger charge is -2.11. The number of nitriles is 1. The zero-order valence-corrected chi connectivity index (χ0v) is 8.70. The van der Waals surface area contributed by atoms with Crippen LogP contribution in [0.4, 0.5) is 5.69 Å². The minimum atomic E-state index is -0.165. The van der Waals surface area contributed by atoms with Crippen LogP contribution in [0.15, 0.2) is 12.1 Å². The van der Waals surface area contributed by atoms with Crippen molar-refractivity contribution in [2.75, 3.05) is 12.3 Å². The molecule has 0 amide bonds. The molecule has 1 aromatic carbocycles. The van der Waals surface area contributed by atoms with Gasteiger partial charge in [-0.2, -0.15) is 5.26 Å². The summed E-state index contributed by atoms with van der Waals surface area (Å²) in [6.07, 6.45) is 0. The molecule has 2 N–H and O–H groups in total. The maximum absolute atomic E-state index is 11.3. The number of carbonyl (C=O) groups is 1. The van der Waals surface area contributed by atoms with E-state index in [4.69, 9.17) is 15.7 Å². The lowest BCUT2D eigenvalue weighted by molar-refractivity contribution is 0.101. The molecule has 0 unspecified atom stereocenters. The fraction of sp³-hybridized carbons (Fsp3) is 0.273. The third-order valence-electron chi connectivity index (χ3n) is 1.91. The zero-order chi connectivity index (χ0) is 11.4. The van der Waals surface area contributed by atoms with Gasteiger partial charge in [0.15, 0.2) is 11.5 Å². The maximum Gasteiger partial charge on any atom is 0.163 e. The van der Waals surface area contributed by atoms with Crippen molar-refractivity contribution in [3.05, 3.63) is 23.3 Å². The fourth-order valence-corrected chi connectivity index (χ4v) is 1.28. The van der Waals surface area contributed by atoms with Crippen molar-refractivity contribution >= 4 is 11.5 Å². The number of ether oxygens (including phenoxy) is 1. The Kier molecular flexibility index (Phi) is 3.29. The van der Waals surface area contributed by atoms with Crippen molar-refractivity contribution in [2.24, 2.45) is 0 Å².